The molecule has 72 valence electrons. The predicted octanol–water partition coefficient (Wildman–Crippen LogP) is 0.450. The van der Waals surface area contributed by atoms with E-state index in [-0.39, 0.29) is 5.78 Å². The molecule has 1 heterocycles. The number of ether oxygens (including phenoxy) is 1. The SMILES string of the molecule is C=NC(=CC(C)=O)N1CCOCC1. The Kier molecular flexibility index (Phi) is 3.64. The summed E-state index contributed by atoms with van der Waals surface area (Å²) in [5.41, 5.74) is 0. The third kappa shape index (κ3) is 2.99. The highest BCUT2D eigenvalue weighted by Gasteiger charge is 2.12. The molecule has 0 spiro atoms. The molecular formula is C9H14N2O2. The van der Waals surface area contributed by atoms with Crippen molar-refractivity contribution in [3.05, 3.63) is 11.9 Å². The maximum absolute atomic E-state index is 10.8. The zero-order chi connectivity index (χ0) is 9.68. The standard InChI is InChI=1S/C9H14N2O2/c1-8(12)7-9(10-2)11-3-5-13-6-4-11/h7H,2-6H2,1H3. The normalized spacial score (nSPS) is 18.5. The van der Waals surface area contributed by atoms with E-state index in [0.29, 0.717) is 19.0 Å². The maximum Gasteiger partial charge on any atom is 0.156 e. The Morgan fingerprint density at radius 1 is 1.54 bits per heavy atom. The fourth-order valence-electron chi connectivity index (χ4n) is 1.21. The van der Waals surface area contributed by atoms with Gasteiger partial charge in [-0.2, -0.15) is 0 Å². The molecule has 0 aromatic carbocycles. The minimum absolute atomic E-state index is 0.00566. The lowest BCUT2D eigenvalue weighted by Gasteiger charge is -2.28. The first-order valence-electron chi connectivity index (χ1n) is 4.25. The predicted molar refractivity (Wildman–Crippen MR) is 50.7 cm³/mol. The number of carbonyl (C=O) groups excluding carboxylic acids is 1. The Morgan fingerprint density at radius 2 is 2.15 bits per heavy atom. The van der Waals surface area contributed by atoms with Crippen LogP contribution in [-0.4, -0.2) is 43.7 Å². The first-order chi connectivity index (χ1) is 6.24. The fourth-order valence-corrected chi connectivity index (χ4v) is 1.21. The zero-order valence-corrected chi connectivity index (χ0v) is 7.82. The second kappa shape index (κ2) is 4.77. The summed E-state index contributed by atoms with van der Waals surface area (Å²) in [6.07, 6.45) is 1.50. The van der Waals surface area contributed by atoms with Crippen LogP contribution in [0.15, 0.2) is 16.9 Å². The Bertz CT molecular complexity index is 230. The second-order valence-electron chi connectivity index (χ2n) is 2.87. The summed E-state index contributed by atoms with van der Waals surface area (Å²) >= 11 is 0. The van der Waals surface area contributed by atoms with Gasteiger partial charge < -0.3 is 9.64 Å². The quantitative estimate of drug-likeness (QED) is 0.470. The van der Waals surface area contributed by atoms with Gasteiger partial charge in [0.2, 0.25) is 0 Å². The maximum atomic E-state index is 10.8. The summed E-state index contributed by atoms with van der Waals surface area (Å²) in [5.74, 6) is 0.643. The van der Waals surface area contributed by atoms with Crippen molar-refractivity contribution in [2.24, 2.45) is 4.99 Å². The van der Waals surface area contributed by atoms with Crippen molar-refractivity contribution in [2.45, 2.75) is 6.92 Å². The fraction of sp³-hybridized carbons (Fsp3) is 0.556. The molecular weight excluding hydrogens is 168 g/mol. The van der Waals surface area contributed by atoms with E-state index in [2.05, 4.69) is 11.7 Å². The number of carbonyl (C=O) groups is 1. The molecule has 1 saturated heterocycles. The minimum Gasteiger partial charge on any atom is -0.378 e. The summed E-state index contributed by atoms with van der Waals surface area (Å²) in [4.78, 5) is 16.6. The molecule has 1 aliphatic heterocycles. The van der Waals surface area contributed by atoms with Gasteiger partial charge in [-0.1, -0.05) is 0 Å². The molecule has 1 aliphatic rings. The third-order valence-electron chi connectivity index (χ3n) is 1.83. The molecule has 0 unspecified atom stereocenters. The smallest absolute Gasteiger partial charge is 0.156 e. The number of aliphatic imine (C=N–C) groups is 1. The molecule has 0 aromatic rings. The van der Waals surface area contributed by atoms with Crippen LogP contribution in [0.2, 0.25) is 0 Å². The first-order valence-corrected chi connectivity index (χ1v) is 4.25. The van der Waals surface area contributed by atoms with Gasteiger partial charge in [-0.15, -0.1) is 0 Å². The molecule has 0 bridgehead atoms. The van der Waals surface area contributed by atoms with E-state index >= 15 is 0 Å². The lowest BCUT2D eigenvalue weighted by atomic mass is 10.3. The summed E-state index contributed by atoms with van der Waals surface area (Å²) in [6, 6.07) is 0. The molecule has 4 heteroatoms. The average Bonchev–Trinajstić information content (AvgIpc) is 2.15. The highest BCUT2D eigenvalue weighted by Crippen LogP contribution is 2.08. The summed E-state index contributed by atoms with van der Waals surface area (Å²) in [5, 5.41) is 0. The summed E-state index contributed by atoms with van der Waals surface area (Å²) < 4.78 is 5.18. The van der Waals surface area contributed by atoms with Crippen LogP contribution in [0.25, 0.3) is 0 Å². The van der Waals surface area contributed by atoms with Crippen molar-refractivity contribution in [1.82, 2.24) is 4.90 Å². The van der Waals surface area contributed by atoms with Crippen LogP contribution < -0.4 is 0 Å². The van der Waals surface area contributed by atoms with E-state index in [4.69, 9.17) is 4.74 Å². The van der Waals surface area contributed by atoms with Crippen LogP contribution >= 0.6 is 0 Å². The Labute approximate surface area is 77.9 Å². The molecule has 0 radical (unpaired) electrons. The van der Waals surface area contributed by atoms with Crippen molar-refractivity contribution in [3.8, 4) is 0 Å². The van der Waals surface area contributed by atoms with Gasteiger partial charge in [0.25, 0.3) is 0 Å². The molecule has 1 rings (SSSR count). The van der Waals surface area contributed by atoms with E-state index in [9.17, 15) is 4.79 Å². The van der Waals surface area contributed by atoms with E-state index in [0.717, 1.165) is 13.1 Å². The lowest BCUT2D eigenvalue weighted by Crippen LogP contribution is -2.35. The van der Waals surface area contributed by atoms with E-state index in [1.807, 2.05) is 4.90 Å². The average molecular weight is 182 g/mol. The van der Waals surface area contributed by atoms with Crippen molar-refractivity contribution in [3.63, 3.8) is 0 Å². The topological polar surface area (TPSA) is 41.9 Å². The Balaban J connectivity index is 2.64. The minimum atomic E-state index is -0.00566. The highest BCUT2D eigenvalue weighted by molar-refractivity contribution is 5.87. The van der Waals surface area contributed by atoms with Crippen LogP contribution in [0.4, 0.5) is 0 Å². The van der Waals surface area contributed by atoms with Gasteiger partial charge >= 0.3 is 0 Å². The van der Waals surface area contributed by atoms with Crippen LogP contribution in [0.5, 0.6) is 0 Å². The number of rotatable bonds is 3. The van der Waals surface area contributed by atoms with E-state index in [1.54, 1.807) is 0 Å². The number of allylic oxidation sites excluding steroid dienone is 1. The molecule has 0 amide bonds. The number of nitrogens with zero attached hydrogens (tertiary/aromatic N) is 2. The molecule has 0 aliphatic carbocycles. The van der Waals surface area contributed by atoms with Gasteiger partial charge in [0, 0.05) is 19.2 Å². The van der Waals surface area contributed by atoms with Crippen molar-refractivity contribution in [2.75, 3.05) is 26.3 Å². The molecule has 1 fully saturated rings. The monoisotopic (exact) mass is 182 g/mol. The first kappa shape index (κ1) is 9.92. The summed E-state index contributed by atoms with van der Waals surface area (Å²) in [7, 11) is 0. The highest BCUT2D eigenvalue weighted by atomic mass is 16.5. The van der Waals surface area contributed by atoms with Gasteiger partial charge in [-0.25, -0.2) is 4.99 Å². The third-order valence-corrected chi connectivity index (χ3v) is 1.83. The Hall–Kier alpha value is -1.16. The van der Waals surface area contributed by atoms with Crippen molar-refractivity contribution < 1.29 is 9.53 Å². The van der Waals surface area contributed by atoms with E-state index < -0.39 is 0 Å². The molecule has 4 nitrogen and oxygen atoms in total. The van der Waals surface area contributed by atoms with Crippen LogP contribution in [0.1, 0.15) is 6.92 Å². The van der Waals surface area contributed by atoms with Crippen LogP contribution in [0.3, 0.4) is 0 Å². The molecule has 0 saturated carbocycles. The molecule has 0 aromatic heterocycles. The summed E-state index contributed by atoms with van der Waals surface area (Å²) in [6.45, 7) is 7.86. The van der Waals surface area contributed by atoms with Gasteiger partial charge in [0.05, 0.1) is 13.2 Å². The van der Waals surface area contributed by atoms with E-state index in [1.165, 1.54) is 13.0 Å². The van der Waals surface area contributed by atoms with Gasteiger partial charge in [-0.3, -0.25) is 4.79 Å². The molecule has 0 N–H and O–H groups in total. The van der Waals surface area contributed by atoms with Crippen molar-refractivity contribution in [1.29, 1.82) is 0 Å². The van der Waals surface area contributed by atoms with Gasteiger partial charge in [0.1, 0.15) is 5.82 Å². The lowest BCUT2D eigenvalue weighted by molar-refractivity contribution is -0.112. The second-order valence-corrected chi connectivity index (χ2v) is 2.87. The van der Waals surface area contributed by atoms with Crippen LogP contribution in [0, 0.1) is 0 Å². The number of morpholine rings is 1. The zero-order valence-electron chi connectivity index (χ0n) is 7.82. The molecule has 13 heavy (non-hydrogen) atoms. The van der Waals surface area contributed by atoms with Gasteiger partial charge in [-0.05, 0) is 13.6 Å². The number of hydrogen-bond acceptors (Lipinski definition) is 4. The Morgan fingerprint density at radius 3 is 2.62 bits per heavy atom. The van der Waals surface area contributed by atoms with Crippen molar-refractivity contribution >= 4 is 12.5 Å². The largest absolute Gasteiger partial charge is 0.378 e. The molecule has 0 atom stereocenters. The van der Waals surface area contributed by atoms with Gasteiger partial charge in [0.15, 0.2) is 5.78 Å². The number of hydrogen-bond donors (Lipinski definition) is 0. The van der Waals surface area contributed by atoms with Crippen LogP contribution in [-0.2, 0) is 9.53 Å². The number of ketones is 1.